The normalized spacial score (nSPS) is 13.4. The molecule has 0 fully saturated rings. The van der Waals surface area contributed by atoms with Crippen molar-refractivity contribution in [2.24, 2.45) is 0 Å². The largest absolute Gasteiger partial charge is 0.467 e. The van der Waals surface area contributed by atoms with Crippen LogP contribution >= 0.6 is 0 Å². The Morgan fingerprint density at radius 1 is 1.24 bits per heavy atom. The molecule has 0 radical (unpaired) electrons. The Bertz CT molecular complexity index is 805. The minimum absolute atomic E-state index is 0.0916. The lowest BCUT2D eigenvalue weighted by Gasteiger charge is -2.19. The molecular formula is C19H17F2NO3. The van der Waals surface area contributed by atoms with Gasteiger partial charge in [0.15, 0.2) is 6.79 Å². The summed E-state index contributed by atoms with van der Waals surface area (Å²) >= 11 is 0. The molecule has 1 amide bonds. The van der Waals surface area contributed by atoms with Gasteiger partial charge in [0.25, 0.3) is 0 Å². The highest BCUT2D eigenvalue weighted by molar-refractivity contribution is 5.92. The lowest BCUT2D eigenvalue weighted by Crippen LogP contribution is -2.23. The van der Waals surface area contributed by atoms with E-state index in [1.165, 1.54) is 30.4 Å². The second-order valence-electron chi connectivity index (χ2n) is 5.56. The molecule has 2 aromatic rings. The van der Waals surface area contributed by atoms with Gasteiger partial charge < -0.3 is 14.8 Å². The summed E-state index contributed by atoms with van der Waals surface area (Å²) in [4.78, 5) is 11.9. The molecule has 130 valence electrons. The van der Waals surface area contributed by atoms with E-state index in [-0.39, 0.29) is 25.1 Å². The first-order valence-corrected chi connectivity index (χ1v) is 7.86. The van der Waals surface area contributed by atoms with Crippen LogP contribution in [0.15, 0.2) is 42.5 Å². The van der Waals surface area contributed by atoms with E-state index in [4.69, 9.17) is 9.47 Å². The highest BCUT2D eigenvalue weighted by atomic mass is 19.1. The van der Waals surface area contributed by atoms with Crippen molar-refractivity contribution in [2.75, 3.05) is 13.3 Å². The molecule has 0 unspecified atom stereocenters. The summed E-state index contributed by atoms with van der Waals surface area (Å²) in [5.41, 5.74) is 1.62. The van der Waals surface area contributed by atoms with Crippen LogP contribution in [0.4, 0.5) is 8.78 Å². The molecular weight excluding hydrogens is 328 g/mol. The van der Waals surface area contributed by atoms with E-state index in [1.54, 1.807) is 18.2 Å². The number of amides is 1. The summed E-state index contributed by atoms with van der Waals surface area (Å²) in [5, 5.41) is 2.67. The van der Waals surface area contributed by atoms with Gasteiger partial charge in [-0.2, -0.15) is 0 Å². The van der Waals surface area contributed by atoms with Crippen molar-refractivity contribution in [3.8, 4) is 5.75 Å². The Labute approximate surface area is 144 Å². The molecule has 2 aromatic carbocycles. The van der Waals surface area contributed by atoms with Gasteiger partial charge >= 0.3 is 0 Å². The van der Waals surface area contributed by atoms with Crippen molar-refractivity contribution < 1.29 is 23.0 Å². The van der Waals surface area contributed by atoms with Crippen LogP contribution in [0.25, 0.3) is 6.08 Å². The van der Waals surface area contributed by atoms with E-state index in [1.807, 2.05) is 0 Å². The molecule has 0 atom stereocenters. The molecule has 1 N–H and O–H groups in total. The van der Waals surface area contributed by atoms with Gasteiger partial charge in [0.1, 0.15) is 17.4 Å². The standard InChI is InChI=1S/C19H17F2NO3/c20-16-9-14(19-15(10-16)11-24-12-25-19)5-6-18(23)22-8-7-13-3-1-2-4-17(13)21/h1-6,9-10H,7-8,11-12H2,(H,22,23)/b6-5+. The van der Waals surface area contributed by atoms with Crippen LogP contribution in [0.2, 0.25) is 0 Å². The molecule has 1 aliphatic heterocycles. The number of nitrogens with one attached hydrogen (secondary N) is 1. The fourth-order valence-corrected chi connectivity index (χ4v) is 2.58. The number of carbonyl (C=O) groups is 1. The average molecular weight is 345 g/mol. The number of halogens is 2. The zero-order chi connectivity index (χ0) is 17.6. The van der Waals surface area contributed by atoms with Crippen molar-refractivity contribution in [3.05, 3.63) is 70.8 Å². The molecule has 0 aliphatic carbocycles. The Kier molecular flexibility index (Phi) is 5.40. The fourth-order valence-electron chi connectivity index (χ4n) is 2.58. The van der Waals surface area contributed by atoms with E-state index >= 15 is 0 Å². The predicted molar refractivity (Wildman–Crippen MR) is 88.8 cm³/mol. The van der Waals surface area contributed by atoms with E-state index < -0.39 is 5.82 Å². The Hall–Kier alpha value is -2.73. The molecule has 3 rings (SSSR count). The Morgan fingerprint density at radius 2 is 2.08 bits per heavy atom. The van der Waals surface area contributed by atoms with Crippen molar-refractivity contribution in [1.29, 1.82) is 0 Å². The van der Waals surface area contributed by atoms with Gasteiger partial charge in [0.05, 0.1) is 6.61 Å². The molecule has 0 saturated heterocycles. The maximum atomic E-state index is 13.6. The maximum Gasteiger partial charge on any atom is 0.244 e. The summed E-state index contributed by atoms with van der Waals surface area (Å²) in [5.74, 6) is -0.546. The Balaban J connectivity index is 1.60. The predicted octanol–water partition coefficient (Wildman–Crippen LogP) is 3.20. The van der Waals surface area contributed by atoms with Gasteiger partial charge in [-0.05, 0) is 36.3 Å². The molecule has 1 heterocycles. The van der Waals surface area contributed by atoms with Gasteiger partial charge in [0, 0.05) is 23.7 Å². The van der Waals surface area contributed by atoms with E-state index in [9.17, 15) is 13.6 Å². The number of rotatable bonds is 5. The minimum Gasteiger partial charge on any atom is -0.467 e. The van der Waals surface area contributed by atoms with Crippen molar-refractivity contribution in [1.82, 2.24) is 5.32 Å². The molecule has 25 heavy (non-hydrogen) atoms. The summed E-state index contributed by atoms with van der Waals surface area (Å²) in [6, 6.07) is 9.07. The summed E-state index contributed by atoms with van der Waals surface area (Å²) in [6.45, 7) is 0.660. The number of carbonyl (C=O) groups excluding carboxylic acids is 1. The molecule has 0 spiro atoms. The van der Waals surface area contributed by atoms with Gasteiger partial charge in [-0.3, -0.25) is 4.79 Å². The summed E-state index contributed by atoms with van der Waals surface area (Å²) in [6.07, 6.45) is 3.18. The van der Waals surface area contributed by atoms with Crippen LogP contribution in [-0.2, 0) is 22.6 Å². The van der Waals surface area contributed by atoms with Gasteiger partial charge in [-0.25, -0.2) is 8.78 Å². The van der Waals surface area contributed by atoms with Crippen LogP contribution in [-0.4, -0.2) is 19.2 Å². The zero-order valence-electron chi connectivity index (χ0n) is 13.4. The van der Waals surface area contributed by atoms with Crippen molar-refractivity contribution in [3.63, 3.8) is 0 Å². The second kappa shape index (κ2) is 7.90. The quantitative estimate of drug-likeness (QED) is 0.847. The van der Waals surface area contributed by atoms with E-state index in [2.05, 4.69) is 5.32 Å². The maximum absolute atomic E-state index is 13.6. The fraction of sp³-hybridized carbons (Fsp3) is 0.211. The zero-order valence-corrected chi connectivity index (χ0v) is 13.4. The van der Waals surface area contributed by atoms with Crippen LogP contribution in [0.1, 0.15) is 16.7 Å². The topological polar surface area (TPSA) is 47.6 Å². The third-order valence-electron chi connectivity index (χ3n) is 3.77. The number of hydrogen-bond acceptors (Lipinski definition) is 3. The van der Waals surface area contributed by atoms with Gasteiger partial charge in [-0.15, -0.1) is 0 Å². The second-order valence-corrected chi connectivity index (χ2v) is 5.56. The molecule has 0 bridgehead atoms. The smallest absolute Gasteiger partial charge is 0.244 e. The summed E-state index contributed by atoms with van der Waals surface area (Å²) in [7, 11) is 0. The van der Waals surface area contributed by atoms with Crippen molar-refractivity contribution in [2.45, 2.75) is 13.0 Å². The SMILES string of the molecule is O=C(/C=C/c1cc(F)cc2c1OCOC2)NCCc1ccccc1F. The van der Waals surface area contributed by atoms with Crippen molar-refractivity contribution >= 4 is 12.0 Å². The average Bonchev–Trinajstić information content (AvgIpc) is 2.61. The lowest BCUT2D eigenvalue weighted by molar-refractivity contribution is -0.116. The van der Waals surface area contributed by atoms with E-state index in [0.717, 1.165) is 0 Å². The summed E-state index contributed by atoms with van der Waals surface area (Å²) < 4.78 is 37.6. The number of benzene rings is 2. The molecule has 6 heteroatoms. The number of fused-ring (bicyclic) bond motifs is 1. The molecule has 4 nitrogen and oxygen atoms in total. The first-order chi connectivity index (χ1) is 12.1. The van der Waals surface area contributed by atoms with E-state index in [0.29, 0.717) is 35.4 Å². The number of ether oxygens (including phenoxy) is 2. The molecule has 1 aliphatic rings. The highest BCUT2D eigenvalue weighted by Crippen LogP contribution is 2.30. The first kappa shape index (κ1) is 17.1. The first-order valence-electron chi connectivity index (χ1n) is 7.86. The monoisotopic (exact) mass is 345 g/mol. The molecule has 0 aromatic heterocycles. The third kappa shape index (κ3) is 4.42. The van der Waals surface area contributed by atoms with Crippen LogP contribution in [0, 0.1) is 11.6 Å². The lowest BCUT2D eigenvalue weighted by atomic mass is 10.1. The Morgan fingerprint density at radius 3 is 2.92 bits per heavy atom. The van der Waals surface area contributed by atoms with Crippen LogP contribution in [0.5, 0.6) is 5.75 Å². The highest BCUT2D eigenvalue weighted by Gasteiger charge is 2.15. The third-order valence-corrected chi connectivity index (χ3v) is 3.77. The van der Waals surface area contributed by atoms with Gasteiger partial charge in [0.2, 0.25) is 5.91 Å². The number of hydrogen-bond donors (Lipinski definition) is 1. The minimum atomic E-state index is -0.424. The van der Waals surface area contributed by atoms with Crippen LogP contribution in [0.3, 0.4) is 0 Å². The van der Waals surface area contributed by atoms with Gasteiger partial charge in [-0.1, -0.05) is 18.2 Å². The van der Waals surface area contributed by atoms with Crippen LogP contribution < -0.4 is 10.1 Å². The molecule has 0 saturated carbocycles.